The lowest BCUT2D eigenvalue weighted by Gasteiger charge is -2.31. The summed E-state index contributed by atoms with van der Waals surface area (Å²) < 4.78 is 0. The van der Waals surface area contributed by atoms with E-state index in [4.69, 9.17) is 0 Å². The molecule has 0 spiro atoms. The highest BCUT2D eigenvalue weighted by Crippen LogP contribution is 2.36. The molecule has 1 atom stereocenters. The Bertz CT molecular complexity index is 106. The molecule has 0 saturated carbocycles. The summed E-state index contributed by atoms with van der Waals surface area (Å²) in [4.78, 5) is 0. The van der Waals surface area contributed by atoms with Gasteiger partial charge in [0, 0.05) is 0 Å². The minimum absolute atomic E-state index is 0.502. The standard InChI is InChI=1S/C11H25P/c1-6-11(12,7-9(2)3)8-10(4)5/h9-10H,6-8,12H2,1-5H3. The second kappa shape index (κ2) is 5.22. The average Bonchev–Trinajstić information content (AvgIpc) is 1.83. The van der Waals surface area contributed by atoms with E-state index in [9.17, 15) is 0 Å². The first-order valence-electron chi connectivity index (χ1n) is 5.18. The van der Waals surface area contributed by atoms with Crippen LogP contribution in [0.2, 0.25) is 0 Å². The minimum Gasteiger partial charge on any atom is -0.131 e. The van der Waals surface area contributed by atoms with Crippen molar-refractivity contribution in [3.05, 3.63) is 0 Å². The van der Waals surface area contributed by atoms with E-state index in [1.54, 1.807) is 0 Å². The van der Waals surface area contributed by atoms with Gasteiger partial charge in [-0.2, -0.15) is 0 Å². The van der Waals surface area contributed by atoms with Crippen LogP contribution in [-0.2, 0) is 0 Å². The summed E-state index contributed by atoms with van der Waals surface area (Å²) in [5.41, 5.74) is 0. The molecule has 0 N–H and O–H groups in total. The van der Waals surface area contributed by atoms with Crippen LogP contribution in [0.15, 0.2) is 0 Å². The Morgan fingerprint density at radius 3 is 1.50 bits per heavy atom. The molecule has 0 aromatic rings. The molecule has 1 heteroatoms. The quantitative estimate of drug-likeness (QED) is 0.570. The number of hydrogen-bond acceptors (Lipinski definition) is 0. The van der Waals surface area contributed by atoms with Gasteiger partial charge in [-0.1, -0.05) is 34.6 Å². The Morgan fingerprint density at radius 2 is 1.33 bits per heavy atom. The maximum Gasteiger partial charge on any atom is -0.0148 e. The van der Waals surface area contributed by atoms with Gasteiger partial charge in [0.25, 0.3) is 0 Å². The van der Waals surface area contributed by atoms with Crippen molar-refractivity contribution in [2.45, 2.75) is 59.0 Å². The number of hydrogen-bond donors (Lipinski definition) is 0. The van der Waals surface area contributed by atoms with Gasteiger partial charge in [0.15, 0.2) is 0 Å². The molecule has 0 fully saturated rings. The monoisotopic (exact) mass is 188 g/mol. The zero-order valence-corrected chi connectivity index (χ0v) is 10.5. The SMILES string of the molecule is CCC(P)(CC(C)C)CC(C)C. The third-order valence-corrected chi connectivity index (χ3v) is 3.21. The maximum absolute atomic E-state index is 3.08. The third-order valence-electron chi connectivity index (χ3n) is 2.33. The summed E-state index contributed by atoms with van der Waals surface area (Å²) in [6, 6.07) is 0. The predicted octanol–water partition coefficient (Wildman–Crippen LogP) is 4.10. The average molecular weight is 188 g/mol. The van der Waals surface area contributed by atoms with Crippen molar-refractivity contribution in [1.29, 1.82) is 0 Å². The molecular formula is C11H25P. The van der Waals surface area contributed by atoms with E-state index in [1.807, 2.05) is 0 Å². The summed E-state index contributed by atoms with van der Waals surface area (Å²) in [7, 11) is 3.08. The molecule has 0 aliphatic heterocycles. The van der Waals surface area contributed by atoms with Crippen LogP contribution >= 0.6 is 9.24 Å². The Morgan fingerprint density at radius 1 is 1.00 bits per heavy atom. The van der Waals surface area contributed by atoms with Gasteiger partial charge in [-0.15, -0.1) is 9.24 Å². The minimum atomic E-state index is 0.502. The number of rotatable bonds is 5. The van der Waals surface area contributed by atoms with Crippen LogP contribution in [-0.4, -0.2) is 5.16 Å². The van der Waals surface area contributed by atoms with Crippen LogP contribution in [0.5, 0.6) is 0 Å². The van der Waals surface area contributed by atoms with Gasteiger partial charge in [-0.3, -0.25) is 0 Å². The van der Waals surface area contributed by atoms with E-state index in [0.717, 1.165) is 11.8 Å². The van der Waals surface area contributed by atoms with Crippen molar-refractivity contribution in [3.8, 4) is 0 Å². The van der Waals surface area contributed by atoms with Crippen molar-refractivity contribution >= 4 is 9.24 Å². The van der Waals surface area contributed by atoms with E-state index in [0.29, 0.717) is 5.16 Å². The largest absolute Gasteiger partial charge is 0.131 e. The molecule has 0 amide bonds. The van der Waals surface area contributed by atoms with Crippen molar-refractivity contribution in [2.24, 2.45) is 11.8 Å². The van der Waals surface area contributed by atoms with Gasteiger partial charge in [0.2, 0.25) is 0 Å². The lowest BCUT2D eigenvalue weighted by Crippen LogP contribution is -2.24. The first-order chi connectivity index (χ1) is 5.39. The van der Waals surface area contributed by atoms with Gasteiger partial charge in [0.1, 0.15) is 0 Å². The molecular weight excluding hydrogens is 163 g/mol. The van der Waals surface area contributed by atoms with Crippen LogP contribution in [0.25, 0.3) is 0 Å². The molecule has 0 bridgehead atoms. The molecule has 0 aliphatic carbocycles. The van der Waals surface area contributed by atoms with Crippen LogP contribution in [0.4, 0.5) is 0 Å². The molecule has 0 aromatic heterocycles. The zero-order chi connectivity index (χ0) is 9.78. The molecule has 0 nitrogen and oxygen atoms in total. The summed E-state index contributed by atoms with van der Waals surface area (Å²) in [6.45, 7) is 11.6. The van der Waals surface area contributed by atoms with Crippen LogP contribution < -0.4 is 0 Å². The molecule has 0 saturated heterocycles. The Balaban J connectivity index is 4.04. The zero-order valence-electron chi connectivity index (χ0n) is 9.35. The van der Waals surface area contributed by atoms with Crippen LogP contribution in [0, 0.1) is 11.8 Å². The molecule has 0 rings (SSSR count). The smallest absolute Gasteiger partial charge is 0.0148 e. The Hall–Kier alpha value is 0.430. The second-order valence-electron chi connectivity index (χ2n) is 4.91. The maximum atomic E-state index is 3.08. The molecule has 0 aromatic carbocycles. The molecule has 12 heavy (non-hydrogen) atoms. The second-order valence-corrected chi connectivity index (χ2v) is 6.14. The van der Waals surface area contributed by atoms with Crippen molar-refractivity contribution < 1.29 is 0 Å². The highest BCUT2D eigenvalue weighted by atomic mass is 31.0. The van der Waals surface area contributed by atoms with Crippen molar-refractivity contribution in [1.82, 2.24) is 0 Å². The highest BCUT2D eigenvalue weighted by Gasteiger charge is 2.24. The Kier molecular flexibility index (Phi) is 5.41. The molecule has 74 valence electrons. The molecule has 1 unspecified atom stereocenters. The van der Waals surface area contributed by atoms with Crippen LogP contribution in [0.1, 0.15) is 53.9 Å². The first kappa shape index (κ1) is 12.4. The van der Waals surface area contributed by atoms with E-state index in [2.05, 4.69) is 43.9 Å². The highest BCUT2D eigenvalue weighted by molar-refractivity contribution is 7.19. The van der Waals surface area contributed by atoms with E-state index >= 15 is 0 Å². The van der Waals surface area contributed by atoms with Gasteiger partial charge in [-0.25, -0.2) is 0 Å². The topological polar surface area (TPSA) is 0 Å². The Labute approximate surface area is 80.7 Å². The molecule has 0 heterocycles. The summed E-state index contributed by atoms with van der Waals surface area (Å²) in [6.07, 6.45) is 3.97. The summed E-state index contributed by atoms with van der Waals surface area (Å²) in [5.74, 6) is 1.64. The van der Waals surface area contributed by atoms with Crippen LogP contribution in [0.3, 0.4) is 0 Å². The fraction of sp³-hybridized carbons (Fsp3) is 1.00. The summed E-state index contributed by atoms with van der Waals surface area (Å²) >= 11 is 0. The molecule has 0 radical (unpaired) electrons. The fourth-order valence-electron chi connectivity index (χ4n) is 2.00. The first-order valence-corrected chi connectivity index (χ1v) is 5.76. The summed E-state index contributed by atoms with van der Waals surface area (Å²) in [5, 5.41) is 0.502. The van der Waals surface area contributed by atoms with E-state index in [-0.39, 0.29) is 0 Å². The van der Waals surface area contributed by atoms with Crippen molar-refractivity contribution in [3.63, 3.8) is 0 Å². The fourth-order valence-corrected chi connectivity index (χ4v) is 2.94. The van der Waals surface area contributed by atoms with E-state index in [1.165, 1.54) is 19.3 Å². The third kappa shape index (κ3) is 5.14. The van der Waals surface area contributed by atoms with Gasteiger partial charge < -0.3 is 0 Å². The lowest BCUT2D eigenvalue weighted by molar-refractivity contribution is 0.371. The predicted molar refractivity (Wildman–Crippen MR) is 61.6 cm³/mol. The van der Waals surface area contributed by atoms with Gasteiger partial charge in [-0.05, 0) is 36.3 Å². The van der Waals surface area contributed by atoms with E-state index < -0.39 is 0 Å². The van der Waals surface area contributed by atoms with Gasteiger partial charge in [0.05, 0.1) is 0 Å². The lowest BCUT2D eigenvalue weighted by atomic mass is 9.86. The molecule has 0 aliphatic rings. The van der Waals surface area contributed by atoms with Crippen molar-refractivity contribution in [2.75, 3.05) is 0 Å². The van der Waals surface area contributed by atoms with Gasteiger partial charge >= 0.3 is 0 Å². The normalized spacial score (nSPS) is 13.0.